The van der Waals surface area contributed by atoms with Gasteiger partial charge in [-0.3, -0.25) is 9.59 Å². The van der Waals surface area contributed by atoms with Crippen molar-refractivity contribution in [3.63, 3.8) is 0 Å². The lowest BCUT2D eigenvalue weighted by Crippen LogP contribution is -2.31. The van der Waals surface area contributed by atoms with Gasteiger partial charge in [0.25, 0.3) is 5.91 Å². The summed E-state index contributed by atoms with van der Waals surface area (Å²) in [5.41, 5.74) is 4.46. The number of carbonyl (C=O) groups is 2. The van der Waals surface area contributed by atoms with Crippen LogP contribution in [-0.2, 0) is 9.59 Å². The van der Waals surface area contributed by atoms with Gasteiger partial charge in [0.05, 0.1) is 47.3 Å². The zero-order valence-electron chi connectivity index (χ0n) is 21.5. The fourth-order valence-corrected chi connectivity index (χ4v) is 5.19. The van der Waals surface area contributed by atoms with Crippen molar-refractivity contribution in [1.29, 1.82) is 5.26 Å². The molecule has 1 aliphatic rings. The first-order valence-corrected chi connectivity index (χ1v) is 12.9. The third kappa shape index (κ3) is 5.76. The number of dihydropyridines is 1. The van der Waals surface area contributed by atoms with E-state index >= 15 is 0 Å². The number of ether oxygens (including phenoxy) is 1. The summed E-state index contributed by atoms with van der Waals surface area (Å²) in [7, 11) is 1.56. The zero-order valence-corrected chi connectivity index (χ0v) is 22.4. The van der Waals surface area contributed by atoms with Crippen LogP contribution in [0.4, 0.5) is 11.4 Å². The molecule has 3 N–H and O–H groups in total. The SMILES string of the molecule is COc1cccc(NC(=O)CSC2=C(C#N)[C@@H](c3ccco3)C(C(=O)Nc3c(C)cccc3C)=C(C)N2)c1. The van der Waals surface area contributed by atoms with Crippen molar-refractivity contribution in [2.45, 2.75) is 26.7 Å². The molecule has 0 spiro atoms. The summed E-state index contributed by atoms with van der Waals surface area (Å²) >= 11 is 1.19. The first kappa shape index (κ1) is 26.6. The van der Waals surface area contributed by atoms with E-state index in [2.05, 4.69) is 22.0 Å². The number of anilines is 2. The number of carbonyl (C=O) groups excluding carboxylic acids is 2. The second kappa shape index (κ2) is 11.8. The molecule has 38 heavy (non-hydrogen) atoms. The number of aryl methyl sites for hydroxylation is 2. The number of para-hydroxylation sites is 1. The highest BCUT2D eigenvalue weighted by molar-refractivity contribution is 8.03. The van der Waals surface area contributed by atoms with Gasteiger partial charge >= 0.3 is 0 Å². The quantitative estimate of drug-likeness (QED) is 0.348. The standard InChI is InChI=1S/C29H28N4O4S/c1-17-8-5-9-18(2)27(17)33-28(35)25-19(3)31-29(22(15-30)26(25)23-12-7-13-37-23)38-16-24(34)32-20-10-6-11-21(14-20)36-4/h5-14,26,31H,16H2,1-4H3,(H,32,34)(H,33,35)/t26-/m0/s1. The molecule has 0 saturated carbocycles. The summed E-state index contributed by atoms with van der Waals surface area (Å²) in [5.74, 6) is -0.164. The summed E-state index contributed by atoms with van der Waals surface area (Å²) < 4.78 is 10.9. The van der Waals surface area contributed by atoms with Crippen LogP contribution in [0, 0.1) is 25.2 Å². The number of nitrogens with one attached hydrogen (secondary N) is 3. The predicted octanol–water partition coefficient (Wildman–Crippen LogP) is 5.61. The molecule has 2 heterocycles. The van der Waals surface area contributed by atoms with E-state index < -0.39 is 5.92 Å². The minimum Gasteiger partial charge on any atom is -0.497 e. The highest BCUT2D eigenvalue weighted by Gasteiger charge is 2.36. The highest BCUT2D eigenvalue weighted by Crippen LogP contribution is 2.41. The molecule has 194 valence electrons. The monoisotopic (exact) mass is 528 g/mol. The minimum atomic E-state index is -0.732. The summed E-state index contributed by atoms with van der Waals surface area (Å²) in [6.07, 6.45) is 1.51. The Morgan fingerprint density at radius 1 is 1.08 bits per heavy atom. The molecule has 4 rings (SSSR count). The first-order chi connectivity index (χ1) is 18.3. The predicted molar refractivity (Wildman–Crippen MR) is 149 cm³/mol. The van der Waals surface area contributed by atoms with Crippen molar-refractivity contribution in [1.82, 2.24) is 5.32 Å². The Kier molecular flexibility index (Phi) is 8.24. The maximum absolute atomic E-state index is 13.6. The number of furan rings is 1. The average Bonchev–Trinajstić information content (AvgIpc) is 3.44. The molecule has 3 aromatic rings. The normalized spacial score (nSPS) is 15.0. The van der Waals surface area contributed by atoms with E-state index in [4.69, 9.17) is 9.15 Å². The van der Waals surface area contributed by atoms with Crippen molar-refractivity contribution in [2.75, 3.05) is 23.5 Å². The number of hydrogen-bond acceptors (Lipinski definition) is 7. The number of hydrogen-bond donors (Lipinski definition) is 3. The maximum atomic E-state index is 13.6. The molecule has 0 fully saturated rings. The lowest BCUT2D eigenvalue weighted by atomic mass is 9.85. The van der Waals surface area contributed by atoms with Gasteiger partial charge in [0.1, 0.15) is 11.5 Å². The third-order valence-electron chi connectivity index (χ3n) is 6.14. The van der Waals surface area contributed by atoms with Gasteiger partial charge in [-0.2, -0.15) is 5.26 Å². The van der Waals surface area contributed by atoms with Crippen LogP contribution in [0.25, 0.3) is 0 Å². The van der Waals surface area contributed by atoms with E-state index in [0.29, 0.717) is 39.1 Å². The molecule has 8 nitrogen and oxygen atoms in total. The Balaban J connectivity index is 1.59. The Morgan fingerprint density at radius 2 is 1.82 bits per heavy atom. The largest absolute Gasteiger partial charge is 0.497 e. The Bertz CT molecular complexity index is 1450. The third-order valence-corrected chi connectivity index (χ3v) is 7.16. The number of methoxy groups -OCH3 is 1. The van der Waals surface area contributed by atoms with Crippen molar-refractivity contribution in [2.24, 2.45) is 0 Å². The van der Waals surface area contributed by atoms with Gasteiger partial charge in [-0.1, -0.05) is 36.0 Å². The molecule has 2 aromatic carbocycles. The Morgan fingerprint density at radius 3 is 2.47 bits per heavy atom. The fourth-order valence-electron chi connectivity index (χ4n) is 4.30. The van der Waals surface area contributed by atoms with Gasteiger partial charge in [-0.05, 0) is 56.2 Å². The molecule has 1 aromatic heterocycles. The van der Waals surface area contributed by atoms with Crippen LogP contribution in [0.5, 0.6) is 5.75 Å². The van der Waals surface area contributed by atoms with Gasteiger partial charge in [-0.15, -0.1) is 0 Å². The summed E-state index contributed by atoms with van der Waals surface area (Å²) in [5, 5.41) is 19.7. The number of nitriles is 1. The molecule has 1 atom stereocenters. The van der Waals surface area contributed by atoms with Crippen LogP contribution in [-0.4, -0.2) is 24.7 Å². The van der Waals surface area contributed by atoms with E-state index in [1.54, 1.807) is 50.4 Å². The van der Waals surface area contributed by atoms with Gasteiger partial charge in [0, 0.05) is 23.1 Å². The van der Waals surface area contributed by atoms with Gasteiger partial charge in [0.2, 0.25) is 5.91 Å². The van der Waals surface area contributed by atoms with Crippen LogP contribution in [0.2, 0.25) is 0 Å². The molecular weight excluding hydrogens is 500 g/mol. The van der Waals surface area contributed by atoms with Crippen molar-refractivity contribution < 1.29 is 18.7 Å². The zero-order chi connectivity index (χ0) is 27.2. The first-order valence-electron chi connectivity index (χ1n) is 11.9. The lowest BCUT2D eigenvalue weighted by Gasteiger charge is -2.28. The molecule has 0 saturated heterocycles. The smallest absolute Gasteiger partial charge is 0.254 e. The minimum absolute atomic E-state index is 0.0484. The number of amides is 2. The molecule has 9 heteroatoms. The molecule has 1 aliphatic heterocycles. The molecule has 0 radical (unpaired) electrons. The Hall–Kier alpha value is -4.42. The van der Waals surface area contributed by atoms with Crippen LogP contribution < -0.4 is 20.7 Å². The van der Waals surface area contributed by atoms with E-state index in [9.17, 15) is 14.9 Å². The van der Waals surface area contributed by atoms with Crippen molar-refractivity contribution in [3.8, 4) is 11.8 Å². The van der Waals surface area contributed by atoms with Gasteiger partial charge < -0.3 is 25.1 Å². The number of thioether (sulfide) groups is 1. The van der Waals surface area contributed by atoms with Gasteiger partial charge in [-0.25, -0.2) is 0 Å². The molecule has 0 unspecified atom stereocenters. The van der Waals surface area contributed by atoms with Crippen molar-refractivity contribution in [3.05, 3.63) is 99.6 Å². The summed E-state index contributed by atoms with van der Waals surface area (Å²) in [4.78, 5) is 26.3. The van der Waals surface area contributed by atoms with Crippen LogP contribution in [0.1, 0.15) is 29.7 Å². The fraction of sp³-hybridized carbons (Fsp3) is 0.207. The summed E-state index contributed by atoms with van der Waals surface area (Å²) in [6.45, 7) is 5.64. The Labute approximate surface area is 225 Å². The van der Waals surface area contributed by atoms with Crippen molar-refractivity contribution >= 4 is 35.0 Å². The van der Waals surface area contributed by atoms with Crippen LogP contribution in [0.3, 0.4) is 0 Å². The van der Waals surface area contributed by atoms with Gasteiger partial charge in [0.15, 0.2) is 0 Å². The molecular formula is C29H28N4O4S. The molecule has 0 bridgehead atoms. The molecule has 2 amide bonds. The summed E-state index contributed by atoms with van der Waals surface area (Å²) in [6, 6.07) is 18.6. The second-order valence-electron chi connectivity index (χ2n) is 8.76. The maximum Gasteiger partial charge on any atom is 0.254 e. The number of benzene rings is 2. The number of rotatable bonds is 8. The van der Waals surface area contributed by atoms with E-state index in [0.717, 1.165) is 16.8 Å². The van der Waals surface area contributed by atoms with Crippen LogP contribution >= 0.6 is 11.8 Å². The molecule has 0 aliphatic carbocycles. The van der Waals surface area contributed by atoms with E-state index in [1.807, 2.05) is 32.0 Å². The van der Waals surface area contributed by atoms with E-state index in [1.165, 1.54) is 18.0 Å². The topological polar surface area (TPSA) is 116 Å². The second-order valence-corrected chi connectivity index (χ2v) is 9.74. The number of allylic oxidation sites excluding steroid dienone is 2. The average molecular weight is 529 g/mol. The highest BCUT2D eigenvalue weighted by atomic mass is 32.2. The van der Waals surface area contributed by atoms with Crippen LogP contribution in [0.15, 0.2) is 87.1 Å². The van der Waals surface area contributed by atoms with E-state index in [-0.39, 0.29) is 17.6 Å². The number of nitrogens with zero attached hydrogens (tertiary/aromatic N) is 1. The lowest BCUT2D eigenvalue weighted by molar-refractivity contribution is -0.114.